The molecular formula is C20H44OSn. The normalized spacial score (nSPS) is 12.0. The molecule has 0 aliphatic rings. The molecule has 0 N–H and O–H groups in total. The summed E-state index contributed by atoms with van der Waals surface area (Å²) in [7, 11) is 0. The van der Waals surface area contributed by atoms with Crippen molar-refractivity contribution >= 4 is 18.8 Å². The van der Waals surface area contributed by atoms with Crippen molar-refractivity contribution in [2.45, 2.75) is 118 Å². The predicted molar refractivity (Wildman–Crippen MR) is 104 cm³/mol. The van der Waals surface area contributed by atoms with Crippen LogP contribution in [0.4, 0.5) is 0 Å². The van der Waals surface area contributed by atoms with E-state index in [-0.39, 0.29) is 0 Å². The quantitative estimate of drug-likeness (QED) is 0.173. The van der Waals surface area contributed by atoms with Crippen molar-refractivity contribution in [2.24, 2.45) is 0 Å². The fourth-order valence-corrected chi connectivity index (χ4v) is 12.5. The Balaban J connectivity index is 3.76. The van der Waals surface area contributed by atoms with Gasteiger partial charge in [0.05, 0.1) is 0 Å². The molecule has 0 unspecified atom stereocenters. The van der Waals surface area contributed by atoms with Gasteiger partial charge in [-0.05, 0) is 0 Å². The number of hydrogen-bond acceptors (Lipinski definition) is 1. The van der Waals surface area contributed by atoms with Crippen LogP contribution in [0.15, 0.2) is 0 Å². The second-order valence-electron chi connectivity index (χ2n) is 7.02. The van der Waals surface area contributed by atoms with Gasteiger partial charge >= 0.3 is 147 Å². The van der Waals surface area contributed by atoms with Gasteiger partial charge in [-0.3, -0.25) is 0 Å². The first-order valence-corrected chi connectivity index (χ1v) is 17.6. The minimum absolute atomic E-state index is 1.07. The van der Waals surface area contributed by atoms with Gasteiger partial charge in [-0.1, -0.05) is 0 Å². The zero-order valence-electron chi connectivity index (χ0n) is 16.2. The molecule has 0 amide bonds. The summed E-state index contributed by atoms with van der Waals surface area (Å²) in [5, 5.41) is 0. The zero-order valence-corrected chi connectivity index (χ0v) is 19.1. The summed E-state index contributed by atoms with van der Waals surface area (Å²) < 4.78 is 10.8. The monoisotopic (exact) mass is 420 g/mol. The SMILES string of the molecule is CCCCCCCC[O][Sn]([CH2]C)([CH2]C)[CH2]CCCCCCC. The molecule has 0 aromatic carbocycles. The van der Waals surface area contributed by atoms with E-state index >= 15 is 0 Å². The summed E-state index contributed by atoms with van der Waals surface area (Å²) in [6, 6.07) is 0. The molecule has 0 bridgehead atoms. The van der Waals surface area contributed by atoms with Crippen LogP contribution in [0.1, 0.15) is 105 Å². The summed E-state index contributed by atoms with van der Waals surface area (Å²) in [5.74, 6) is 0. The molecule has 22 heavy (non-hydrogen) atoms. The Hall–Kier alpha value is 0.759. The van der Waals surface area contributed by atoms with Crippen LogP contribution >= 0.6 is 0 Å². The fraction of sp³-hybridized carbons (Fsp3) is 1.00. The molecule has 2 heteroatoms. The standard InChI is InChI=1S/C8H17O.C8H17.2C2H5.Sn/c1-2-3-4-5-6-7-8-9;1-3-5-7-8-6-4-2;2*1-2;/h2-8H2,1H3;1,3-8H2,2H3;2*1H2,2H3;/q-1;;;;+1. The Bertz CT molecular complexity index is 214. The maximum absolute atomic E-state index is 6.57. The molecule has 0 atom stereocenters. The van der Waals surface area contributed by atoms with Crippen LogP contribution in [0.5, 0.6) is 0 Å². The summed E-state index contributed by atoms with van der Waals surface area (Å²) in [5.41, 5.74) is 0. The topological polar surface area (TPSA) is 9.23 Å². The molecule has 0 saturated carbocycles. The molecule has 0 aromatic rings. The van der Waals surface area contributed by atoms with Crippen LogP contribution in [0.2, 0.25) is 13.3 Å². The van der Waals surface area contributed by atoms with E-state index in [0.29, 0.717) is 0 Å². The molecular weight excluding hydrogens is 375 g/mol. The average molecular weight is 419 g/mol. The van der Waals surface area contributed by atoms with Crippen LogP contribution < -0.4 is 0 Å². The molecule has 0 aromatic heterocycles. The Morgan fingerprint density at radius 1 is 0.545 bits per heavy atom. The maximum atomic E-state index is 6.57. The third-order valence-corrected chi connectivity index (χ3v) is 18.5. The van der Waals surface area contributed by atoms with Crippen LogP contribution in [-0.2, 0) is 3.07 Å². The molecule has 0 aliphatic carbocycles. The van der Waals surface area contributed by atoms with Crippen molar-refractivity contribution in [3.63, 3.8) is 0 Å². The van der Waals surface area contributed by atoms with Gasteiger partial charge in [0.1, 0.15) is 0 Å². The third-order valence-electron chi connectivity index (χ3n) is 5.18. The van der Waals surface area contributed by atoms with Crippen molar-refractivity contribution in [3.05, 3.63) is 0 Å². The number of hydrogen-bond donors (Lipinski definition) is 0. The molecule has 0 radical (unpaired) electrons. The van der Waals surface area contributed by atoms with E-state index in [1.807, 2.05) is 0 Å². The third kappa shape index (κ3) is 12.2. The Morgan fingerprint density at radius 3 is 1.50 bits per heavy atom. The van der Waals surface area contributed by atoms with Gasteiger partial charge in [0, 0.05) is 0 Å². The zero-order chi connectivity index (χ0) is 16.5. The Kier molecular flexibility index (Phi) is 17.2. The average Bonchev–Trinajstić information content (AvgIpc) is 2.55. The first kappa shape index (κ1) is 22.8. The van der Waals surface area contributed by atoms with Gasteiger partial charge in [0.25, 0.3) is 0 Å². The van der Waals surface area contributed by atoms with Gasteiger partial charge in [-0.2, -0.15) is 0 Å². The van der Waals surface area contributed by atoms with Gasteiger partial charge in [0.2, 0.25) is 0 Å². The van der Waals surface area contributed by atoms with E-state index < -0.39 is 18.8 Å². The van der Waals surface area contributed by atoms with Crippen molar-refractivity contribution in [2.75, 3.05) is 6.61 Å². The van der Waals surface area contributed by atoms with Crippen LogP contribution in [0, 0.1) is 0 Å². The number of rotatable bonds is 17. The van der Waals surface area contributed by atoms with Crippen molar-refractivity contribution in [1.29, 1.82) is 0 Å². The molecule has 0 saturated heterocycles. The summed E-state index contributed by atoms with van der Waals surface area (Å²) in [6.45, 7) is 10.5. The molecule has 1 nitrogen and oxygen atoms in total. The van der Waals surface area contributed by atoms with Gasteiger partial charge < -0.3 is 0 Å². The summed E-state index contributed by atoms with van der Waals surface area (Å²) in [4.78, 5) is 0. The molecule has 134 valence electrons. The second-order valence-corrected chi connectivity index (χ2v) is 20.1. The van der Waals surface area contributed by atoms with E-state index in [1.54, 1.807) is 0 Å². The van der Waals surface area contributed by atoms with Crippen LogP contribution in [-0.4, -0.2) is 25.4 Å². The van der Waals surface area contributed by atoms with Gasteiger partial charge in [-0.25, -0.2) is 0 Å². The van der Waals surface area contributed by atoms with Crippen molar-refractivity contribution < 1.29 is 3.07 Å². The van der Waals surface area contributed by atoms with Crippen molar-refractivity contribution in [1.82, 2.24) is 0 Å². The molecule has 0 rings (SSSR count). The van der Waals surface area contributed by atoms with Crippen LogP contribution in [0.25, 0.3) is 0 Å². The fourth-order valence-electron chi connectivity index (χ4n) is 3.28. The van der Waals surface area contributed by atoms with E-state index in [0.717, 1.165) is 6.61 Å². The van der Waals surface area contributed by atoms with E-state index in [2.05, 4.69) is 27.7 Å². The van der Waals surface area contributed by atoms with Gasteiger partial charge in [0.15, 0.2) is 0 Å². The Morgan fingerprint density at radius 2 is 1.00 bits per heavy atom. The first-order valence-electron chi connectivity index (χ1n) is 10.4. The van der Waals surface area contributed by atoms with Gasteiger partial charge in [-0.15, -0.1) is 0 Å². The minimum atomic E-state index is -2.19. The molecule has 0 spiro atoms. The Labute approximate surface area is 146 Å². The second kappa shape index (κ2) is 16.6. The van der Waals surface area contributed by atoms with E-state index in [4.69, 9.17) is 3.07 Å². The summed E-state index contributed by atoms with van der Waals surface area (Å²) >= 11 is -2.19. The molecule has 0 fully saturated rings. The van der Waals surface area contributed by atoms with E-state index in [1.165, 1.54) is 90.4 Å². The molecule has 0 heterocycles. The predicted octanol–water partition coefficient (Wildman–Crippen LogP) is 7.71. The summed E-state index contributed by atoms with van der Waals surface area (Å²) in [6.07, 6.45) is 16.8. The van der Waals surface area contributed by atoms with Crippen molar-refractivity contribution in [3.8, 4) is 0 Å². The van der Waals surface area contributed by atoms with E-state index in [9.17, 15) is 0 Å². The van der Waals surface area contributed by atoms with Crippen LogP contribution in [0.3, 0.4) is 0 Å². The molecule has 0 aliphatic heterocycles. The number of unbranched alkanes of at least 4 members (excludes halogenated alkanes) is 10. The first-order chi connectivity index (χ1) is 10.7.